The van der Waals surface area contributed by atoms with Crippen molar-refractivity contribution in [3.8, 4) is 0 Å². The highest BCUT2D eigenvalue weighted by atomic mass is 32.2. The molecule has 0 amide bonds. The van der Waals surface area contributed by atoms with Crippen molar-refractivity contribution in [1.29, 1.82) is 0 Å². The van der Waals surface area contributed by atoms with Crippen LogP contribution in [-0.4, -0.2) is 27.3 Å². The molecule has 0 unspecified atom stereocenters. The van der Waals surface area contributed by atoms with E-state index in [0.29, 0.717) is 13.0 Å². The van der Waals surface area contributed by atoms with Gasteiger partial charge in [-0.2, -0.15) is 0 Å². The molecule has 5 heteroatoms. The summed E-state index contributed by atoms with van der Waals surface area (Å²) in [6.07, 6.45) is 0.518. The van der Waals surface area contributed by atoms with Crippen molar-refractivity contribution in [2.24, 2.45) is 0 Å². The maximum Gasteiger partial charge on any atom is 0.0726 e. The highest BCUT2D eigenvalue weighted by Crippen LogP contribution is 2.06. The van der Waals surface area contributed by atoms with Crippen molar-refractivity contribution in [2.75, 3.05) is 18.8 Å². The minimum absolute atomic E-state index is 0.0804. The van der Waals surface area contributed by atoms with Crippen LogP contribution in [0.1, 0.15) is 5.56 Å². The first-order chi connectivity index (χ1) is 7.14. The second kappa shape index (κ2) is 5.85. The zero-order valence-corrected chi connectivity index (χ0v) is 9.41. The molecular weight excluding hydrogens is 212 g/mol. The Morgan fingerprint density at radius 1 is 1.20 bits per heavy atom. The summed E-state index contributed by atoms with van der Waals surface area (Å²) in [6.45, 7) is 0.807. The molecule has 0 saturated heterocycles. The molecule has 15 heavy (non-hydrogen) atoms. The van der Waals surface area contributed by atoms with Crippen LogP contribution in [0.15, 0.2) is 30.3 Å². The number of nitrogens with zero attached hydrogens (tertiary/aromatic N) is 1. The standard InChI is InChI=1S/C10H15N2O2S/c11-7-8-12-15(13,14)9-6-10-4-2-1-3-5-10/h1-5H,6-9,11H2/q-1/p+1. The summed E-state index contributed by atoms with van der Waals surface area (Å²) < 4.78 is 26.3. The molecule has 0 heterocycles. The lowest BCUT2D eigenvalue weighted by Crippen LogP contribution is -2.51. The van der Waals surface area contributed by atoms with Crippen LogP contribution in [-0.2, 0) is 16.4 Å². The zero-order valence-electron chi connectivity index (χ0n) is 8.59. The summed E-state index contributed by atoms with van der Waals surface area (Å²) in [6, 6.07) is 9.53. The average Bonchev–Trinajstić information content (AvgIpc) is 2.25. The van der Waals surface area contributed by atoms with Gasteiger partial charge in [0.25, 0.3) is 0 Å². The van der Waals surface area contributed by atoms with Crippen molar-refractivity contribution in [1.82, 2.24) is 0 Å². The van der Waals surface area contributed by atoms with E-state index in [-0.39, 0.29) is 12.3 Å². The van der Waals surface area contributed by atoms with Crippen LogP contribution in [0.4, 0.5) is 0 Å². The molecule has 3 N–H and O–H groups in total. The van der Waals surface area contributed by atoms with Gasteiger partial charge in [0.15, 0.2) is 0 Å². The van der Waals surface area contributed by atoms with Gasteiger partial charge in [-0.25, -0.2) is 8.42 Å². The van der Waals surface area contributed by atoms with Gasteiger partial charge >= 0.3 is 0 Å². The Kier molecular flexibility index (Phi) is 4.74. The smallest absolute Gasteiger partial charge is 0.0726 e. The Balaban J connectivity index is 2.43. The summed E-state index contributed by atoms with van der Waals surface area (Å²) in [5.41, 5.74) is 4.57. The van der Waals surface area contributed by atoms with Crippen LogP contribution in [0, 0.1) is 0 Å². The van der Waals surface area contributed by atoms with Crippen molar-refractivity contribution in [3.63, 3.8) is 0 Å². The van der Waals surface area contributed by atoms with E-state index in [1.165, 1.54) is 0 Å². The predicted molar refractivity (Wildman–Crippen MR) is 59.9 cm³/mol. The molecule has 0 radical (unpaired) electrons. The normalized spacial score (nSPS) is 11.5. The summed E-state index contributed by atoms with van der Waals surface area (Å²) in [7, 11) is -3.26. The second-order valence-corrected chi connectivity index (χ2v) is 5.06. The van der Waals surface area contributed by atoms with Crippen LogP contribution >= 0.6 is 0 Å². The molecule has 1 aromatic rings. The monoisotopic (exact) mass is 228 g/mol. The van der Waals surface area contributed by atoms with Crippen molar-refractivity contribution >= 4 is 10.0 Å². The highest BCUT2D eigenvalue weighted by Gasteiger charge is 2.00. The van der Waals surface area contributed by atoms with Gasteiger partial charge in [-0.3, -0.25) is 0 Å². The van der Waals surface area contributed by atoms with Gasteiger partial charge in [-0.15, -0.1) is 0 Å². The highest BCUT2D eigenvalue weighted by molar-refractivity contribution is 7.93. The van der Waals surface area contributed by atoms with Gasteiger partial charge < -0.3 is 10.5 Å². The molecule has 0 aliphatic rings. The van der Waals surface area contributed by atoms with Gasteiger partial charge in [0, 0.05) is 5.75 Å². The minimum atomic E-state index is -3.26. The minimum Gasteiger partial charge on any atom is -0.544 e. The lowest BCUT2D eigenvalue weighted by Gasteiger charge is -2.17. The van der Waals surface area contributed by atoms with Gasteiger partial charge in [-0.05, 0) is 12.0 Å². The van der Waals surface area contributed by atoms with Crippen LogP contribution in [0.2, 0.25) is 0 Å². The van der Waals surface area contributed by atoms with E-state index >= 15 is 0 Å². The fourth-order valence-electron chi connectivity index (χ4n) is 1.16. The summed E-state index contributed by atoms with van der Waals surface area (Å²) >= 11 is 0. The van der Waals surface area contributed by atoms with Crippen LogP contribution in [0.25, 0.3) is 4.72 Å². The third kappa shape index (κ3) is 4.92. The molecule has 0 atom stereocenters. The predicted octanol–water partition coefficient (Wildman–Crippen LogP) is 0.175. The van der Waals surface area contributed by atoms with Crippen molar-refractivity contribution in [2.45, 2.75) is 6.42 Å². The van der Waals surface area contributed by atoms with E-state index in [1.807, 2.05) is 30.3 Å². The third-order valence-corrected chi connectivity index (χ3v) is 3.23. The Morgan fingerprint density at radius 2 is 1.87 bits per heavy atom. The topological polar surface area (TPSA) is 75.9 Å². The quantitative estimate of drug-likeness (QED) is 0.753. The lowest BCUT2D eigenvalue weighted by atomic mass is 10.2. The number of hydrogen-bond acceptors (Lipinski definition) is 2. The maximum absolute atomic E-state index is 11.4. The Hall–Kier alpha value is -0.910. The SMILES string of the molecule is [NH3+]CC[N-]S(=O)(=O)CCc1ccccc1. The van der Waals surface area contributed by atoms with Crippen LogP contribution < -0.4 is 5.73 Å². The number of rotatable bonds is 6. The number of quaternary nitrogens is 1. The largest absolute Gasteiger partial charge is 0.544 e. The molecule has 0 spiro atoms. The van der Waals surface area contributed by atoms with Crippen molar-refractivity contribution < 1.29 is 14.2 Å². The molecule has 1 rings (SSSR count). The summed E-state index contributed by atoms with van der Waals surface area (Å²) in [5.74, 6) is 0.0804. The Morgan fingerprint density at radius 3 is 2.47 bits per heavy atom. The third-order valence-electron chi connectivity index (χ3n) is 1.94. The number of aryl methyl sites for hydroxylation is 1. The molecule has 0 aliphatic heterocycles. The van der Waals surface area contributed by atoms with E-state index in [4.69, 9.17) is 0 Å². The van der Waals surface area contributed by atoms with E-state index < -0.39 is 10.0 Å². The molecule has 0 fully saturated rings. The first kappa shape index (κ1) is 12.2. The van der Waals surface area contributed by atoms with E-state index in [9.17, 15) is 8.42 Å². The van der Waals surface area contributed by atoms with Gasteiger partial charge in [0.2, 0.25) is 0 Å². The first-order valence-electron chi connectivity index (χ1n) is 4.89. The molecule has 0 aromatic heterocycles. The van der Waals surface area contributed by atoms with Crippen LogP contribution in [0.5, 0.6) is 0 Å². The summed E-state index contributed by atoms with van der Waals surface area (Å²) in [5, 5.41) is 0. The lowest BCUT2D eigenvalue weighted by molar-refractivity contribution is -0.362. The first-order valence-corrected chi connectivity index (χ1v) is 6.49. The summed E-state index contributed by atoms with van der Waals surface area (Å²) in [4.78, 5) is 0. The Labute approximate surface area is 90.5 Å². The average molecular weight is 228 g/mol. The van der Waals surface area contributed by atoms with Gasteiger partial charge in [0.1, 0.15) is 0 Å². The molecule has 0 saturated carbocycles. The van der Waals surface area contributed by atoms with Crippen LogP contribution in [0.3, 0.4) is 0 Å². The van der Waals surface area contributed by atoms with Gasteiger partial charge in [-0.1, -0.05) is 36.9 Å². The number of sulfonamides is 1. The number of hydrogen-bond donors (Lipinski definition) is 1. The van der Waals surface area contributed by atoms with E-state index in [2.05, 4.69) is 10.5 Å². The maximum atomic E-state index is 11.4. The fraction of sp³-hybridized carbons (Fsp3) is 0.400. The van der Waals surface area contributed by atoms with Crippen molar-refractivity contribution in [3.05, 3.63) is 40.6 Å². The van der Waals surface area contributed by atoms with E-state index in [0.717, 1.165) is 5.56 Å². The Bertz CT molecular complexity index is 376. The molecule has 84 valence electrons. The molecule has 0 bridgehead atoms. The van der Waals surface area contributed by atoms with E-state index in [1.54, 1.807) is 0 Å². The molecule has 4 nitrogen and oxygen atoms in total. The zero-order chi connectivity index (χ0) is 11.1. The fourth-order valence-corrected chi connectivity index (χ4v) is 2.19. The number of benzene rings is 1. The second-order valence-electron chi connectivity index (χ2n) is 3.23. The molecular formula is C10H16N2O2S. The van der Waals surface area contributed by atoms with Gasteiger partial charge in [0.05, 0.1) is 16.6 Å². The molecule has 1 aromatic carbocycles. The molecule has 0 aliphatic carbocycles.